The van der Waals surface area contributed by atoms with Gasteiger partial charge in [0.2, 0.25) is 0 Å². The molecule has 25 heavy (non-hydrogen) atoms. The van der Waals surface area contributed by atoms with Crippen LogP contribution in [-0.4, -0.2) is 30.6 Å². The van der Waals surface area contributed by atoms with Gasteiger partial charge in [0.15, 0.2) is 11.6 Å². The molecular weight excluding hydrogens is 314 g/mol. The minimum Gasteiger partial charge on any atom is -0.497 e. The molecule has 0 amide bonds. The lowest BCUT2D eigenvalue weighted by Gasteiger charge is -2.42. The summed E-state index contributed by atoms with van der Waals surface area (Å²) in [6.07, 6.45) is 4.74. The van der Waals surface area contributed by atoms with Gasteiger partial charge in [-0.25, -0.2) is 0 Å². The van der Waals surface area contributed by atoms with E-state index in [1.165, 1.54) is 0 Å². The Balaban J connectivity index is 1.95. The van der Waals surface area contributed by atoms with Gasteiger partial charge in [-0.1, -0.05) is 12.1 Å². The molecule has 0 saturated carbocycles. The zero-order chi connectivity index (χ0) is 17.6. The molecule has 4 heteroatoms. The molecule has 0 unspecified atom stereocenters. The van der Waals surface area contributed by atoms with Crippen molar-refractivity contribution in [1.29, 1.82) is 0 Å². The predicted molar refractivity (Wildman–Crippen MR) is 95.3 cm³/mol. The summed E-state index contributed by atoms with van der Waals surface area (Å²) in [6, 6.07) is 7.81. The molecule has 4 rings (SSSR count). The average Bonchev–Trinajstić information content (AvgIpc) is 2.63. The number of allylic oxidation sites excluding steroid dienone is 4. The smallest absolute Gasteiger partial charge is 0.161 e. The van der Waals surface area contributed by atoms with Crippen LogP contribution in [0.25, 0.3) is 0 Å². The summed E-state index contributed by atoms with van der Waals surface area (Å²) < 4.78 is 5.38. The second kappa shape index (κ2) is 6.17. The average molecular weight is 337 g/mol. The molecule has 1 aromatic rings. The van der Waals surface area contributed by atoms with Crippen molar-refractivity contribution in [2.75, 3.05) is 14.2 Å². The van der Waals surface area contributed by atoms with Crippen molar-refractivity contribution < 1.29 is 14.3 Å². The van der Waals surface area contributed by atoms with E-state index in [4.69, 9.17) is 4.74 Å². The van der Waals surface area contributed by atoms with E-state index in [0.29, 0.717) is 12.8 Å². The molecule has 0 spiro atoms. The molecule has 4 nitrogen and oxygen atoms in total. The highest BCUT2D eigenvalue weighted by atomic mass is 16.5. The maximum Gasteiger partial charge on any atom is 0.161 e. The van der Waals surface area contributed by atoms with Gasteiger partial charge in [0.1, 0.15) is 5.75 Å². The molecule has 0 bridgehead atoms. The molecule has 0 saturated heterocycles. The molecule has 0 fully saturated rings. The second-order valence-corrected chi connectivity index (χ2v) is 7.04. The van der Waals surface area contributed by atoms with Crippen LogP contribution in [0.5, 0.6) is 5.75 Å². The lowest BCUT2D eigenvalue weighted by atomic mass is 9.71. The summed E-state index contributed by atoms with van der Waals surface area (Å²) in [5, 5.41) is 0. The van der Waals surface area contributed by atoms with E-state index in [0.717, 1.165) is 59.5 Å². The zero-order valence-corrected chi connectivity index (χ0v) is 14.8. The van der Waals surface area contributed by atoms with E-state index in [-0.39, 0.29) is 17.5 Å². The highest BCUT2D eigenvalue weighted by Crippen LogP contribution is 2.48. The van der Waals surface area contributed by atoms with Crippen molar-refractivity contribution in [3.8, 4) is 5.75 Å². The second-order valence-electron chi connectivity index (χ2n) is 7.04. The van der Waals surface area contributed by atoms with Crippen molar-refractivity contribution in [3.05, 3.63) is 52.4 Å². The summed E-state index contributed by atoms with van der Waals surface area (Å²) in [7, 11) is 3.66. The fraction of sp³-hybridized carbons (Fsp3) is 0.429. The van der Waals surface area contributed by atoms with Gasteiger partial charge in [0, 0.05) is 48.3 Å². The van der Waals surface area contributed by atoms with E-state index in [1.54, 1.807) is 7.11 Å². The van der Waals surface area contributed by atoms with Crippen LogP contribution in [0.3, 0.4) is 0 Å². The molecular formula is C21H23NO3. The molecule has 2 aliphatic carbocycles. The lowest BCUT2D eigenvalue weighted by molar-refractivity contribution is -0.117. The van der Waals surface area contributed by atoms with Crippen LogP contribution in [0.4, 0.5) is 0 Å². The summed E-state index contributed by atoms with van der Waals surface area (Å²) in [5.74, 6) is 0.890. The van der Waals surface area contributed by atoms with Gasteiger partial charge < -0.3 is 9.64 Å². The molecule has 1 aliphatic heterocycles. The Bertz CT molecular complexity index is 774. The number of carbonyl (C=O) groups is 2. The lowest BCUT2D eigenvalue weighted by Crippen LogP contribution is -2.37. The number of hydrogen-bond acceptors (Lipinski definition) is 4. The molecule has 3 aliphatic rings. The molecule has 0 aromatic heterocycles. The maximum absolute atomic E-state index is 12.8. The number of ketones is 2. The summed E-state index contributed by atoms with van der Waals surface area (Å²) in [5.41, 5.74) is 4.86. The number of hydrogen-bond donors (Lipinski definition) is 0. The Morgan fingerprint density at radius 3 is 2.12 bits per heavy atom. The van der Waals surface area contributed by atoms with Crippen molar-refractivity contribution in [1.82, 2.24) is 4.90 Å². The van der Waals surface area contributed by atoms with E-state index in [9.17, 15) is 9.59 Å². The van der Waals surface area contributed by atoms with Crippen molar-refractivity contribution in [3.63, 3.8) is 0 Å². The number of Topliss-reactive ketones (excluding diaryl/α,β-unsaturated/α-hetero) is 2. The Hall–Kier alpha value is -2.36. The third-order valence-electron chi connectivity index (χ3n) is 5.67. The maximum atomic E-state index is 12.8. The Labute approximate surface area is 148 Å². The minimum absolute atomic E-state index is 0.186. The predicted octanol–water partition coefficient (Wildman–Crippen LogP) is 3.74. The first-order chi connectivity index (χ1) is 12.1. The normalized spacial score (nSPS) is 21.4. The van der Waals surface area contributed by atoms with Crippen LogP contribution in [0.15, 0.2) is 46.8 Å². The number of ether oxygens (including phenoxy) is 1. The highest BCUT2D eigenvalue weighted by molar-refractivity contribution is 6.06. The van der Waals surface area contributed by atoms with E-state index in [1.807, 2.05) is 31.3 Å². The Kier molecular flexibility index (Phi) is 3.98. The minimum atomic E-state index is -0.239. The fourth-order valence-corrected chi connectivity index (χ4v) is 4.51. The van der Waals surface area contributed by atoms with Crippen LogP contribution >= 0.6 is 0 Å². The topological polar surface area (TPSA) is 46.6 Å². The summed E-state index contributed by atoms with van der Waals surface area (Å²) in [6.45, 7) is 0. The molecule has 130 valence electrons. The molecule has 0 N–H and O–H groups in total. The third kappa shape index (κ3) is 2.51. The van der Waals surface area contributed by atoms with E-state index < -0.39 is 0 Å². The van der Waals surface area contributed by atoms with Crippen LogP contribution in [0, 0.1) is 0 Å². The number of nitrogens with zero attached hydrogens (tertiary/aromatic N) is 1. The quantitative estimate of drug-likeness (QED) is 0.825. The molecule has 0 radical (unpaired) electrons. The van der Waals surface area contributed by atoms with Gasteiger partial charge in [-0.05, 0) is 43.4 Å². The zero-order valence-electron chi connectivity index (χ0n) is 14.8. The first-order valence-corrected chi connectivity index (χ1v) is 9.02. The molecule has 1 heterocycles. The fourth-order valence-electron chi connectivity index (χ4n) is 4.51. The highest BCUT2D eigenvalue weighted by Gasteiger charge is 2.42. The molecule has 1 aromatic carbocycles. The number of methoxy groups -OCH3 is 1. The van der Waals surface area contributed by atoms with Crippen LogP contribution in [0.2, 0.25) is 0 Å². The van der Waals surface area contributed by atoms with E-state index >= 15 is 0 Å². The van der Waals surface area contributed by atoms with Crippen LogP contribution in [-0.2, 0) is 9.59 Å². The van der Waals surface area contributed by atoms with Gasteiger partial charge in [-0.2, -0.15) is 0 Å². The van der Waals surface area contributed by atoms with Crippen molar-refractivity contribution in [2.24, 2.45) is 0 Å². The largest absolute Gasteiger partial charge is 0.497 e. The van der Waals surface area contributed by atoms with Gasteiger partial charge in [0.25, 0.3) is 0 Å². The van der Waals surface area contributed by atoms with Gasteiger partial charge in [-0.3, -0.25) is 9.59 Å². The SMILES string of the molecule is COc1cccc(C2C3=C(CCCC3=O)N(C)C3=C2C(=O)CCC3)c1. The number of rotatable bonds is 2. The van der Waals surface area contributed by atoms with Crippen LogP contribution in [0.1, 0.15) is 50.0 Å². The van der Waals surface area contributed by atoms with Crippen molar-refractivity contribution in [2.45, 2.75) is 44.4 Å². The van der Waals surface area contributed by atoms with Gasteiger partial charge in [-0.15, -0.1) is 0 Å². The van der Waals surface area contributed by atoms with Crippen LogP contribution < -0.4 is 4.74 Å². The van der Waals surface area contributed by atoms with Crippen molar-refractivity contribution >= 4 is 11.6 Å². The first-order valence-electron chi connectivity index (χ1n) is 9.02. The number of benzene rings is 1. The van der Waals surface area contributed by atoms with Gasteiger partial charge >= 0.3 is 0 Å². The van der Waals surface area contributed by atoms with Gasteiger partial charge in [0.05, 0.1) is 7.11 Å². The monoisotopic (exact) mass is 337 g/mol. The Morgan fingerprint density at radius 1 is 0.960 bits per heavy atom. The third-order valence-corrected chi connectivity index (χ3v) is 5.67. The summed E-state index contributed by atoms with van der Waals surface area (Å²) in [4.78, 5) is 27.8. The molecule has 0 atom stereocenters. The standard InChI is InChI=1S/C21H23NO3/c1-22-15-8-4-10-17(23)20(15)19(13-6-3-7-14(12-13)25-2)21-16(22)9-5-11-18(21)24/h3,6-7,12,19H,4-5,8-11H2,1-2H3. The Morgan fingerprint density at radius 2 is 1.56 bits per heavy atom. The van der Waals surface area contributed by atoms with E-state index in [2.05, 4.69) is 4.90 Å². The first kappa shape index (κ1) is 16.1. The summed E-state index contributed by atoms with van der Waals surface area (Å²) >= 11 is 0. The number of carbonyl (C=O) groups excluding carboxylic acids is 2.